The maximum Gasteiger partial charge on any atom is 0.215 e. The molecule has 1 heterocycles. The highest BCUT2D eigenvalue weighted by atomic mass is 15.3. The van der Waals surface area contributed by atoms with Gasteiger partial charge in [0.25, 0.3) is 0 Å². The van der Waals surface area contributed by atoms with Crippen molar-refractivity contribution in [1.82, 2.24) is 9.97 Å². The van der Waals surface area contributed by atoms with Crippen molar-refractivity contribution in [2.45, 2.75) is 26.2 Å². The van der Waals surface area contributed by atoms with E-state index in [0.29, 0.717) is 5.95 Å². The van der Waals surface area contributed by atoms with Crippen molar-refractivity contribution < 1.29 is 0 Å². The molecule has 1 aromatic heterocycles. The fourth-order valence-corrected chi connectivity index (χ4v) is 1.69. The van der Waals surface area contributed by atoms with E-state index in [-0.39, 0.29) is 5.41 Å². The monoisotopic (exact) mass is 230 g/mol. The molecule has 0 atom stereocenters. The van der Waals surface area contributed by atoms with Crippen LogP contribution >= 0.6 is 0 Å². The molecule has 0 saturated heterocycles. The van der Waals surface area contributed by atoms with E-state index in [9.17, 15) is 0 Å². The Morgan fingerprint density at radius 3 is 2.29 bits per heavy atom. The van der Waals surface area contributed by atoms with Crippen LogP contribution < -0.4 is 11.3 Å². The number of aromatic amines is 1. The summed E-state index contributed by atoms with van der Waals surface area (Å²) in [5.74, 6) is 5.85. The quantitative estimate of drug-likeness (QED) is 0.549. The SMILES string of the molecule is CC(C)(C)c1ccc(-c2cnc(NN)[nH]2)cc1. The van der Waals surface area contributed by atoms with E-state index in [1.54, 1.807) is 6.20 Å². The van der Waals surface area contributed by atoms with Gasteiger partial charge < -0.3 is 4.98 Å². The van der Waals surface area contributed by atoms with Crippen molar-refractivity contribution in [3.8, 4) is 11.3 Å². The van der Waals surface area contributed by atoms with Crippen LogP contribution in [0.1, 0.15) is 26.3 Å². The molecule has 17 heavy (non-hydrogen) atoms. The summed E-state index contributed by atoms with van der Waals surface area (Å²) in [6.45, 7) is 6.61. The molecular formula is C13H18N4. The molecule has 4 N–H and O–H groups in total. The predicted molar refractivity (Wildman–Crippen MR) is 70.5 cm³/mol. The van der Waals surface area contributed by atoms with Gasteiger partial charge in [-0.2, -0.15) is 0 Å². The zero-order chi connectivity index (χ0) is 12.5. The largest absolute Gasteiger partial charge is 0.323 e. The van der Waals surface area contributed by atoms with Gasteiger partial charge in [-0.25, -0.2) is 10.8 Å². The molecule has 0 saturated carbocycles. The second kappa shape index (κ2) is 4.22. The van der Waals surface area contributed by atoms with E-state index >= 15 is 0 Å². The third-order valence-corrected chi connectivity index (χ3v) is 2.77. The highest BCUT2D eigenvalue weighted by Crippen LogP contribution is 2.25. The first-order chi connectivity index (χ1) is 8.00. The number of hydrogen-bond donors (Lipinski definition) is 3. The molecule has 0 radical (unpaired) electrons. The lowest BCUT2D eigenvalue weighted by Crippen LogP contribution is -2.10. The van der Waals surface area contributed by atoms with Crippen LogP contribution in [0.15, 0.2) is 30.5 Å². The number of nitrogen functional groups attached to an aromatic ring is 1. The molecule has 4 heteroatoms. The Hall–Kier alpha value is -1.81. The lowest BCUT2D eigenvalue weighted by atomic mass is 9.86. The van der Waals surface area contributed by atoms with E-state index in [4.69, 9.17) is 5.84 Å². The van der Waals surface area contributed by atoms with Gasteiger partial charge >= 0.3 is 0 Å². The van der Waals surface area contributed by atoms with Gasteiger partial charge in [-0.1, -0.05) is 45.0 Å². The van der Waals surface area contributed by atoms with Crippen molar-refractivity contribution in [3.05, 3.63) is 36.0 Å². The minimum Gasteiger partial charge on any atom is -0.323 e. The van der Waals surface area contributed by atoms with Crippen LogP contribution in [0.5, 0.6) is 0 Å². The number of rotatable bonds is 2. The van der Waals surface area contributed by atoms with E-state index in [1.165, 1.54) is 5.56 Å². The van der Waals surface area contributed by atoms with Gasteiger partial charge in [0.15, 0.2) is 0 Å². The molecule has 0 aliphatic rings. The first kappa shape index (κ1) is 11.7. The van der Waals surface area contributed by atoms with Crippen molar-refractivity contribution in [2.24, 2.45) is 5.84 Å². The van der Waals surface area contributed by atoms with E-state index in [1.807, 2.05) is 0 Å². The highest BCUT2D eigenvalue weighted by Gasteiger charge is 2.13. The van der Waals surface area contributed by atoms with Crippen molar-refractivity contribution in [3.63, 3.8) is 0 Å². The summed E-state index contributed by atoms with van der Waals surface area (Å²) in [5.41, 5.74) is 6.04. The summed E-state index contributed by atoms with van der Waals surface area (Å²) in [6.07, 6.45) is 1.77. The van der Waals surface area contributed by atoms with Crippen molar-refractivity contribution in [1.29, 1.82) is 0 Å². The Labute approximate surface area is 101 Å². The number of nitrogens with one attached hydrogen (secondary N) is 2. The summed E-state index contributed by atoms with van der Waals surface area (Å²) in [6, 6.07) is 8.47. The average Bonchev–Trinajstić information content (AvgIpc) is 2.76. The van der Waals surface area contributed by atoms with Gasteiger partial charge in [0.05, 0.1) is 11.9 Å². The van der Waals surface area contributed by atoms with E-state index in [0.717, 1.165) is 11.3 Å². The lowest BCUT2D eigenvalue weighted by molar-refractivity contribution is 0.590. The van der Waals surface area contributed by atoms with Crippen LogP contribution in [0, 0.1) is 0 Å². The number of H-pyrrole nitrogens is 1. The summed E-state index contributed by atoms with van der Waals surface area (Å²) in [5, 5.41) is 0. The number of anilines is 1. The third kappa shape index (κ3) is 2.47. The Kier molecular flexibility index (Phi) is 2.90. The Balaban J connectivity index is 2.29. The zero-order valence-electron chi connectivity index (χ0n) is 10.4. The summed E-state index contributed by atoms with van der Waals surface area (Å²) in [4.78, 5) is 7.18. The average molecular weight is 230 g/mol. The molecule has 90 valence electrons. The van der Waals surface area contributed by atoms with Gasteiger partial charge in [-0.3, -0.25) is 5.43 Å². The van der Waals surface area contributed by atoms with Crippen LogP contribution in [0.4, 0.5) is 5.95 Å². The molecular weight excluding hydrogens is 212 g/mol. The smallest absolute Gasteiger partial charge is 0.215 e. The lowest BCUT2D eigenvalue weighted by Gasteiger charge is -2.18. The van der Waals surface area contributed by atoms with Gasteiger partial charge in [0.2, 0.25) is 5.95 Å². The Bertz CT molecular complexity index is 491. The predicted octanol–water partition coefficient (Wildman–Crippen LogP) is 2.66. The Morgan fingerprint density at radius 2 is 1.82 bits per heavy atom. The van der Waals surface area contributed by atoms with Gasteiger partial charge in [0, 0.05) is 0 Å². The molecule has 0 spiro atoms. The standard InChI is InChI=1S/C13H18N4/c1-13(2,3)10-6-4-9(5-7-10)11-8-15-12(16-11)17-14/h4-8H,14H2,1-3H3,(H2,15,16,17). The second-order valence-electron chi connectivity index (χ2n) is 5.12. The summed E-state index contributed by atoms with van der Waals surface area (Å²) >= 11 is 0. The maximum absolute atomic E-state index is 5.28. The maximum atomic E-state index is 5.28. The normalized spacial score (nSPS) is 11.5. The van der Waals surface area contributed by atoms with Gasteiger partial charge in [-0.15, -0.1) is 0 Å². The van der Waals surface area contributed by atoms with Crippen molar-refractivity contribution in [2.75, 3.05) is 5.43 Å². The van der Waals surface area contributed by atoms with E-state index in [2.05, 4.69) is 60.4 Å². The first-order valence-corrected chi connectivity index (χ1v) is 5.63. The van der Waals surface area contributed by atoms with Crippen LogP contribution in [0.2, 0.25) is 0 Å². The van der Waals surface area contributed by atoms with Crippen LogP contribution in [0.25, 0.3) is 11.3 Å². The second-order valence-corrected chi connectivity index (χ2v) is 5.12. The van der Waals surface area contributed by atoms with Crippen LogP contribution in [0.3, 0.4) is 0 Å². The number of hydrogen-bond acceptors (Lipinski definition) is 3. The molecule has 4 nitrogen and oxygen atoms in total. The number of nitrogens with zero attached hydrogens (tertiary/aromatic N) is 1. The first-order valence-electron chi connectivity index (χ1n) is 5.63. The molecule has 0 bridgehead atoms. The van der Waals surface area contributed by atoms with Gasteiger partial charge in [-0.05, 0) is 16.5 Å². The number of nitrogens with two attached hydrogens (primary N) is 1. The number of benzene rings is 1. The molecule has 0 aliphatic carbocycles. The van der Waals surface area contributed by atoms with Crippen LogP contribution in [-0.2, 0) is 5.41 Å². The van der Waals surface area contributed by atoms with Crippen molar-refractivity contribution >= 4 is 5.95 Å². The molecule has 0 aliphatic heterocycles. The minimum atomic E-state index is 0.177. The molecule has 0 unspecified atom stereocenters. The molecule has 2 aromatic rings. The number of hydrazine groups is 1. The summed E-state index contributed by atoms with van der Waals surface area (Å²) in [7, 11) is 0. The molecule has 0 fully saturated rings. The number of imidazole rings is 1. The highest BCUT2D eigenvalue weighted by molar-refractivity contribution is 5.60. The molecule has 0 amide bonds. The minimum absolute atomic E-state index is 0.177. The zero-order valence-corrected chi connectivity index (χ0v) is 10.4. The Morgan fingerprint density at radius 1 is 1.18 bits per heavy atom. The topological polar surface area (TPSA) is 66.7 Å². The molecule has 2 rings (SSSR count). The summed E-state index contributed by atoms with van der Waals surface area (Å²) < 4.78 is 0. The van der Waals surface area contributed by atoms with E-state index < -0.39 is 0 Å². The molecule has 1 aromatic carbocycles. The van der Waals surface area contributed by atoms with Gasteiger partial charge in [0.1, 0.15) is 0 Å². The fraction of sp³-hybridized carbons (Fsp3) is 0.308. The number of aromatic nitrogens is 2. The van der Waals surface area contributed by atoms with Crippen LogP contribution in [-0.4, -0.2) is 9.97 Å². The third-order valence-electron chi connectivity index (χ3n) is 2.77. The fourth-order valence-electron chi connectivity index (χ4n) is 1.69.